The van der Waals surface area contributed by atoms with E-state index < -0.39 is 0 Å². The lowest BCUT2D eigenvalue weighted by Gasteiger charge is -2.09. The summed E-state index contributed by atoms with van der Waals surface area (Å²) >= 11 is 0. The quantitative estimate of drug-likeness (QED) is 0.572. The molecule has 0 bridgehead atoms. The number of ether oxygens (including phenoxy) is 2. The summed E-state index contributed by atoms with van der Waals surface area (Å²) in [5.74, 6) is 0.876. The molecule has 0 aromatic heterocycles. The summed E-state index contributed by atoms with van der Waals surface area (Å²) in [6.45, 7) is 4.40. The van der Waals surface area contributed by atoms with Crippen LogP contribution in [0.4, 0.5) is 11.4 Å². The number of rotatable bonds is 8. The van der Waals surface area contributed by atoms with Crippen LogP contribution in [0.15, 0.2) is 72.8 Å². The standard InChI is InChI=1S/C24H24N2O4/c1-3-29-21-14-10-20(11-15-21)26-24(28)18-6-8-19(9-7-18)25-23(27)16-30-22-12-4-17(2)5-13-22/h4-15H,3,16H2,1-2H3,(H,25,27)(H,26,28). The van der Waals surface area contributed by atoms with Crippen LogP contribution in [0, 0.1) is 6.92 Å². The van der Waals surface area contributed by atoms with E-state index in [4.69, 9.17) is 9.47 Å². The molecule has 0 unspecified atom stereocenters. The first-order chi connectivity index (χ1) is 14.5. The molecule has 0 aliphatic rings. The highest BCUT2D eigenvalue weighted by molar-refractivity contribution is 6.04. The van der Waals surface area contributed by atoms with Crippen molar-refractivity contribution >= 4 is 23.2 Å². The molecule has 154 valence electrons. The molecule has 0 saturated carbocycles. The van der Waals surface area contributed by atoms with E-state index in [9.17, 15) is 9.59 Å². The van der Waals surface area contributed by atoms with Gasteiger partial charge in [0, 0.05) is 16.9 Å². The Bertz CT molecular complexity index is 981. The van der Waals surface area contributed by atoms with E-state index in [1.807, 2.05) is 38.1 Å². The number of hydrogen-bond acceptors (Lipinski definition) is 4. The lowest BCUT2D eigenvalue weighted by atomic mass is 10.2. The van der Waals surface area contributed by atoms with E-state index in [1.54, 1.807) is 48.5 Å². The Hall–Kier alpha value is -3.80. The number of carbonyl (C=O) groups is 2. The van der Waals surface area contributed by atoms with Gasteiger partial charge in [0.1, 0.15) is 11.5 Å². The summed E-state index contributed by atoms with van der Waals surface area (Å²) in [4.78, 5) is 24.5. The van der Waals surface area contributed by atoms with Gasteiger partial charge in [0.25, 0.3) is 11.8 Å². The summed E-state index contributed by atoms with van der Waals surface area (Å²) in [5, 5.41) is 5.58. The summed E-state index contributed by atoms with van der Waals surface area (Å²) in [6, 6.07) is 21.3. The van der Waals surface area contributed by atoms with Crippen LogP contribution in [0.3, 0.4) is 0 Å². The highest BCUT2D eigenvalue weighted by Gasteiger charge is 2.08. The fraction of sp³-hybridized carbons (Fsp3) is 0.167. The molecule has 0 fully saturated rings. The van der Waals surface area contributed by atoms with Gasteiger partial charge in [-0.15, -0.1) is 0 Å². The van der Waals surface area contributed by atoms with Crippen LogP contribution in [-0.4, -0.2) is 25.0 Å². The monoisotopic (exact) mass is 404 g/mol. The Kier molecular flexibility index (Phi) is 7.05. The molecular formula is C24H24N2O4. The second-order valence-corrected chi connectivity index (χ2v) is 6.64. The highest BCUT2D eigenvalue weighted by atomic mass is 16.5. The maximum Gasteiger partial charge on any atom is 0.262 e. The summed E-state index contributed by atoms with van der Waals surface area (Å²) < 4.78 is 10.8. The first-order valence-electron chi connectivity index (χ1n) is 9.67. The fourth-order valence-corrected chi connectivity index (χ4v) is 2.69. The number of anilines is 2. The van der Waals surface area contributed by atoms with E-state index in [-0.39, 0.29) is 18.4 Å². The zero-order chi connectivity index (χ0) is 21.3. The molecule has 0 aliphatic heterocycles. The molecule has 0 saturated heterocycles. The van der Waals surface area contributed by atoms with Gasteiger partial charge in [-0.3, -0.25) is 9.59 Å². The molecule has 0 heterocycles. The molecule has 3 aromatic carbocycles. The average Bonchev–Trinajstić information content (AvgIpc) is 2.75. The largest absolute Gasteiger partial charge is 0.494 e. The van der Waals surface area contributed by atoms with Crippen molar-refractivity contribution in [2.75, 3.05) is 23.8 Å². The van der Waals surface area contributed by atoms with Gasteiger partial charge >= 0.3 is 0 Å². The lowest BCUT2D eigenvalue weighted by Crippen LogP contribution is -2.20. The van der Waals surface area contributed by atoms with Gasteiger partial charge < -0.3 is 20.1 Å². The Balaban J connectivity index is 1.50. The average molecular weight is 404 g/mol. The second-order valence-electron chi connectivity index (χ2n) is 6.64. The highest BCUT2D eigenvalue weighted by Crippen LogP contribution is 2.17. The molecular weight excluding hydrogens is 380 g/mol. The van der Waals surface area contributed by atoms with Gasteiger partial charge in [-0.2, -0.15) is 0 Å². The Morgan fingerprint density at radius 2 is 1.27 bits per heavy atom. The van der Waals surface area contributed by atoms with Crippen LogP contribution < -0.4 is 20.1 Å². The Morgan fingerprint density at radius 3 is 1.90 bits per heavy atom. The molecule has 6 nitrogen and oxygen atoms in total. The van der Waals surface area contributed by atoms with Crippen molar-refractivity contribution in [1.29, 1.82) is 0 Å². The van der Waals surface area contributed by atoms with Crippen LogP contribution in [0.2, 0.25) is 0 Å². The van der Waals surface area contributed by atoms with E-state index >= 15 is 0 Å². The van der Waals surface area contributed by atoms with Crippen molar-refractivity contribution in [2.45, 2.75) is 13.8 Å². The third-order valence-corrected chi connectivity index (χ3v) is 4.24. The molecule has 6 heteroatoms. The van der Waals surface area contributed by atoms with Crippen molar-refractivity contribution in [3.05, 3.63) is 83.9 Å². The molecule has 0 atom stereocenters. The van der Waals surface area contributed by atoms with Crippen LogP contribution in [0.1, 0.15) is 22.8 Å². The third-order valence-electron chi connectivity index (χ3n) is 4.24. The molecule has 0 spiro atoms. The zero-order valence-electron chi connectivity index (χ0n) is 17.0. The zero-order valence-corrected chi connectivity index (χ0v) is 17.0. The minimum atomic E-state index is -0.276. The minimum Gasteiger partial charge on any atom is -0.494 e. The third kappa shape index (κ3) is 6.10. The summed E-state index contributed by atoms with van der Waals surface area (Å²) in [6.07, 6.45) is 0. The van der Waals surface area contributed by atoms with E-state index in [1.165, 1.54) is 0 Å². The van der Waals surface area contributed by atoms with Crippen molar-refractivity contribution in [3.63, 3.8) is 0 Å². The van der Waals surface area contributed by atoms with Crippen LogP contribution in [0.25, 0.3) is 0 Å². The van der Waals surface area contributed by atoms with Crippen molar-refractivity contribution in [2.24, 2.45) is 0 Å². The van der Waals surface area contributed by atoms with Crippen molar-refractivity contribution in [3.8, 4) is 11.5 Å². The van der Waals surface area contributed by atoms with E-state index in [0.29, 0.717) is 29.3 Å². The number of hydrogen-bond donors (Lipinski definition) is 2. The topological polar surface area (TPSA) is 76.7 Å². The molecule has 0 aliphatic carbocycles. The number of nitrogens with one attached hydrogen (secondary N) is 2. The van der Waals surface area contributed by atoms with Gasteiger partial charge in [0.05, 0.1) is 6.61 Å². The molecule has 2 N–H and O–H groups in total. The molecule has 0 radical (unpaired) electrons. The van der Waals surface area contributed by atoms with Crippen LogP contribution in [0.5, 0.6) is 11.5 Å². The van der Waals surface area contributed by atoms with E-state index in [0.717, 1.165) is 11.3 Å². The normalized spacial score (nSPS) is 10.2. The van der Waals surface area contributed by atoms with Crippen molar-refractivity contribution in [1.82, 2.24) is 0 Å². The predicted molar refractivity (Wildman–Crippen MR) is 117 cm³/mol. The Labute approximate surface area is 175 Å². The Morgan fingerprint density at radius 1 is 0.733 bits per heavy atom. The molecule has 2 amide bonds. The van der Waals surface area contributed by atoms with Gasteiger partial charge in [-0.1, -0.05) is 17.7 Å². The fourth-order valence-electron chi connectivity index (χ4n) is 2.69. The van der Waals surface area contributed by atoms with Crippen LogP contribution in [-0.2, 0) is 4.79 Å². The minimum absolute atomic E-state index is 0.0942. The maximum absolute atomic E-state index is 12.4. The van der Waals surface area contributed by atoms with E-state index in [2.05, 4.69) is 10.6 Å². The second kappa shape index (κ2) is 10.1. The first kappa shape index (κ1) is 20.9. The van der Waals surface area contributed by atoms with Crippen LogP contribution >= 0.6 is 0 Å². The predicted octanol–water partition coefficient (Wildman–Crippen LogP) is 4.66. The van der Waals surface area contributed by atoms with Gasteiger partial charge in [-0.25, -0.2) is 0 Å². The molecule has 30 heavy (non-hydrogen) atoms. The number of carbonyl (C=O) groups excluding carboxylic acids is 2. The van der Waals surface area contributed by atoms with Gasteiger partial charge in [0.2, 0.25) is 0 Å². The summed E-state index contributed by atoms with van der Waals surface area (Å²) in [7, 11) is 0. The smallest absolute Gasteiger partial charge is 0.262 e. The summed E-state index contributed by atoms with van der Waals surface area (Å²) in [5.41, 5.74) is 2.87. The molecule has 3 aromatic rings. The van der Waals surface area contributed by atoms with Gasteiger partial charge in [-0.05, 0) is 74.5 Å². The number of aryl methyl sites for hydroxylation is 1. The van der Waals surface area contributed by atoms with Crippen molar-refractivity contribution < 1.29 is 19.1 Å². The number of amides is 2. The molecule has 3 rings (SSSR count). The first-order valence-corrected chi connectivity index (χ1v) is 9.67. The maximum atomic E-state index is 12.4. The number of benzene rings is 3. The SMILES string of the molecule is CCOc1ccc(NC(=O)c2ccc(NC(=O)COc3ccc(C)cc3)cc2)cc1. The van der Waals surface area contributed by atoms with Gasteiger partial charge in [0.15, 0.2) is 6.61 Å². The lowest BCUT2D eigenvalue weighted by molar-refractivity contribution is -0.118.